The topological polar surface area (TPSA) is 119 Å². The van der Waals surface area contributed by atoms with E-state index in [0.717, 1.165) is 48.8 Å². The monoisotopic (exact) mass is 427 g/mol. The smallest absolute Gasteiger partial charge is 0.290 e. The number of amides is 2. The second-order valence-corrected chi connectivity index (χ2v) is 8.72. The van der Waals surface area contributed by atoms with Crippen LogP contribution in [0, 0.1) is 0 Å². The zero-order valence-electron chi connectivity index (χ0n) is 17.7. The number of carbonyl (C=O) groups is 3. The Labute approximate surface area is 180 Å². The minimum absolute atomic E-state index is 0.000549. The molecule has 1 aliphatic carbocycles. The molecule has 1 saturated carbocycles. The van der Waals surface area contributed by atoms with E-state index < -0.39 is 0 Å². The average Bonchev–Trinajstić information content (AvgIpc) is 3.52. The number of carbonyl (C=O) groups excluding carboxylic acids is 2. The Balaban J connectivity index is 0.000000730. The second kappa shape index (κ2) is 9.05. The molecule has 2 bridgehead atoms. The van der Waals surface area contributed by atoms with Gasteiger partial charge in [0.25, 0.3) is 12.4 Å². The maximum atomic E-state index is 13.1. The standard InChI is InChI=1S/C21H27N5O2.CH2O2/c1-25-11-16-10-15(25)12-26(16)21(28)20-17-8-13(6-7-18(17)23-24-20)9-19(27)22-14-4-2-3-5-14;2-1-3/h6-8,14-16H,2-5,9-12H2,1H3,(H,22,27)(H,23,24);1H,(H,2,3)/t15-,16-;/m0./s1. The number of nitrogens with zero attached hydrogens (tertiary/aromatic N) is 3. The van der Waals surface area contributed by atoms with Crippen LogP contribution in [0.15, 0.2) is 18.2 Å². The Morgan fingerprint density at radius 3 is 2.65 bits per heavy atom. The fraction of sp³-hybridized carbons (Fsp3) is 0.545. The Kier molecular flexibility index (Phi) is 6.22. The zero-order chi connectivity index (χ0) is 22.0. The van der Waals surface area contributed by atoms with Crippen molar-refractivity contribution in [1.29, 1.82) is 0 Å². The maximum absolute atomic E-state index is 13.1. The largest absolute Gasteiger partial charge is 0.483 e. The van der Waals surface area contributed by atoms with Gasteiger partial charge >= 0.3 is 0 Å². The van der Waals surface area contributed by atoms with E-state index in [-0.39, 0.29) is 24.3 Å². The first-order chi connectivity index (χ1) is 15.0. The fourth-order valence-corrected chi connectivity index (χ4v) is 5.12. The molecule has 0 unspecified atom stereocenters. The first-order valence-corrected chi connectivity index (χ1v) is 10.9. The number of hydrogen-bond donors (Lipinski definition) is 3. The van der Waals surface area contributed by atoms with Gasteiger partial charge in [-0.15, -0.1) is 0 Å². The molecule has 5 rings (SSSR count). The van der Waals surface area contributed by atoms with Crippen LogP contribution in [0.2, 0.25) is 0 Å². The Morgan fingerprint density at radius 2 is 2.00 bits per heavy atom. The van der Waals surface area contributed by atoms with E-state index in [1.807, 2.05) is 23.1 Å². The van der Waals surface area contributed by atoms with Crippen LogP contribution in [0.25, 0.3) is 10.9 Å². The number of aromatic amines is 1. The average molecular weight is 428 g/mol. The van der Waals surface area contributed by atoms with Crippen LogP contribution in [-0.2, 0) is 16.0 Å². The molecule has 166 valence electrons. The van der Waals surface area contributed by atoms with E-state index in [1.165, 1.54) is 12.8 Å². The summed E-state index contributed by atoms with van der Waals surface area (Å²) in [7, 11) is 2.12. The number of likely N-dealkylation sites (N-methyl/N-ethyl adjacent to an activating group) is 1. The van der Waals surface area contributed by atoms with Gasteiger partial charge in [-0.05, 0) is 44.0 Å². The number of piperazine rings is 1. The van der Waals surface area contributed by atoms with Crippen LogP contribution in [0.1, 0.15) is 48.2 Å². The summed E-state index contributed by atoms with van der Waals surface area (Å²) in [5.41, 5.74) is 2.23. The van der Waals surface area contributed by atoms with Crippen molar-refractivity contribution >= 4 is 29.2 Å². The van der Waals surface area contributed by atoms with Crippen molar-refractivity contribution in [2.75, 3.05) is 20.1 Å². The predicted octanol–water partition coefficient (Wildman–Crippen LogP) is 1.39. The molecule has 3 heterocycles. The van der Waals surface area contributed by atoms with E-state index in [4.69, 9.17) is 9.90 Å². The molecule has 3 fully saturated rings. The van der Waals surface area contributed by atoms with Gasteiger partial charge in [-0.2, -0.15) is 5.10 Å². The van der Waals surface area contributed by atoms with Gasteiger partial charge in [0.05, 0.1) is 11.9 Å². The van der Waals surface area contributed by atoms with Crippen LogP contribution in [-0.4, -0.2) is 81.7 Å². The molecule has 2 amide bonds. The summed E-state index contributed by atoms with van der Waals surface area (Å²) < 4.78 is 0. The first-order valence-electron chi connectivity index (χ1n) is 10.9. The third kappa shape index (κ3) is 4.41. The number of nitrogens with one attached hydrogen (secondary N) is 2. The molecule has 2 saturated heterocycles. The van der Waals surface area contributed by atoms with Crippen LogP contribution >= 0.6 is 0 Å². The maximum Gasteiger partial charge on any atom is 0.290 e. The van der Waals surface area contributed by atoms with Gasteiger partial charge in [0, 0.05) is 36.6 Å². The Morgan fingerprint density at radius 1 is 1.26 bits per heavy atom. The molecule has 1 aromatic heterocycles. The Hall–Kier alpha value is -2.94. The lowest BCUT2D eigenvalue weighted by atomic mass is 10.1. The lowest BCUT2D eigenvalue weighted by Gasteiger charge is -2.31. The minimum Gasteiger partial charge on any atom is -0.483 e. The number of H-pyrrole nitrogens is 1. The van der Waals surface area contributed by atoms with E-state index in [0.29, 0.717) is 24.2 Å². The third-order valence-electron chi connectivity index (χ3n) is 6.69. The van der Waals surface area contributed by atoms with Gasteiger partial charge in [-0.1, -0.05) is 18.9 Å². The van der Waals surface area contributed by atoms with Crippen molar-refractivity contribution < 1.29 is 19.5 Å². The SMILES string of the molecule is CN1C[C@@H]2C[C@H]1CN2C(=O)c1n[nH]c2ccc(CC(=O)NC3CCCC3)cc12.O=CO. The van der Waals surface area contributed by atoms with Crippen molar-refractivity contribution in [3.8, 4) is 0 Å². The highest BCUT2D eigenvalue weighted by Gasteiger charge is 2.44. The lowest BCUT2D eigenvalue weighted by Crippen LogP contribution is -2.47. The van der Waals surface area contributed by atoms with Crippen LogP contribution < -0.4 is 5.32 Å². The first kappa shape index (κ1) is 21.3. The van der Waals surface area contributed by atoms with Gasteiger partial charge in [0.15, 0.2) is 5.69 Å². The Bertz CT molecular complexity index is 966. The summed E-state index contributed by atoms with van der Waals surface area (Å²) in [6.07, 6.45) is 5.95. The summed E-state index contributed by atoms with van der Waals surface area (Å²) in [4.78, 5) is 38.2. The van der Waals surface area contributed by atoms with Gasteiger partial charge in [0.1, 0.15) is 0 Å². The molecule has 1 aromatic carbocycles. The number of rotatable bonds is 4. The van der Waals surface area contributed by atoms with E-state index >= 15 is 0 Å². The van der Waals surface area contributed by atoms with Crippen molar-refractivity contribution in [1.82, 2.24) is 25.3 Å². The number of benzene rings is 1. The van der Waals surface area contributed by atoms with E-state index in [1.54, 1.807) is 0 Å². The molecule has 2 atom stereocenters. The minimum atomic E-state index is -0.250. The van der Waals surface area contributed by atoms with Crippen LogP contribution in [0.5, 0.6) is 0 Å². The van der Waals surface area contributed by atoms with E-state index in [9.17, 15) is 9.59 Å². The van der Waals surface area contributed by atoms with Crippen molar-refractivity contribution in [2.24, 2.45) is 0 Å². The van der Waals surface area contributed by atoms with Crippen molar-refractivity contribution in [3.63, 3.8) is 0 Å². The number of carboxylic acid groups (broad SMARTS) is 1. The summed E-state index contributed by atoms with van der Waals surface area (Å²) in [5.74, 6) is 0.0573. The second-order valence-electron chi connectivity index (χ2n) is 8.72. The molecule has 9 heteroatoms. The molecule has 2 aliphatic heterocycles. The molecule has 3 N–H and O–H groups in total. The molecule has 2 aromatic rings. The van der Waals surface area contributed by atoms with Gasteiger partial charge < -0.3 is 15.3 Å². The zero-order valence-corrected chi connectivity index (χ0v) is 17.7. The van der Waals surface area contributed by atoms with E-state index in [2.05, 4.69) is 27.5 Å². The predicted molar refractivity (Wildman–Crippen MR) is 115 cm³/mol. The number of fused-ring (bicyclic) bond motifs is 3. The quantitative estimate of drug-likeness (QED) is 0.635. The van der Waals surface area contributed by atoms with Crippen molar-refractivity contribution in [2.45, 2.75) is 56.7 Å². The van der Waals surface area contributed by atoms with Crippen LogP contribution in [0.4, 0.5) is 0 Å². The van der Waals surface area contributed by atoms with Gasteiger partial charge in [0.2, 0.25) is 5.91 Å². The van der Waals surface area contributed by atoms with Crippen LogP contribution in [0.3, 0.4) is 0 Å². The summed E-state index contributed by atoms with van der Waals surface area (Å²) >= 11 is 0. The summed E-state index contributed by atoms with van der Waals surface area (Å²) in [5, 5.41) is 18.1. The molecule has 0 spiro atoms. The number of hydrogen-bond acceptors (Lipinski definition) is 5. The highest BCUT2D eigenvalue weighted by atomic mass is 16.3. The lowest BCUT2D eigenvalue weighted by molar-refractivity contribution is -0.123. The summed E-state index contributed by atoms with van der Waals surface area (Å²) in [6, 6.07) is 6.88. The van der Waals surface area contributed by atoms with Gasteiger partial charge in [-0.25, -0.2) is 0 Å². The third-order valence-corrected chi connectivity index (χ3v) is 6.69. The molecule has 31 heavy (non-hydrogen) atoms. The molecule has 0 radical (unpaired) electrons. The molecular formula is C22H29N5O4. The molecular weight excluding hydrogens is 398 g/mol. The van der Waals surface area contributed by atoms with Crippen molar-refractivity contribution in [3.05, 3.63) is 29.5 Å². The highest BCUT2D eigenvalue weighted by Crippen LogP contribution is 2.31. The molecule has 3 aliphatic rings. The molecule has 9 nitrogen and oxygen atoms in total. The fourth-order valence-electron chi connectivity index (χ4n) is 5.12. The number of aromatic nitrogens is 2. The van der Waals surface area contributed by atoms with Gasteiger partial charge in [-0.3, -0.25) is 24.4 Å². The normalized spacial score (nSPS) is 23.1. The summed E-state index contributed by atoms with van der Waals surface area (Å²) in [6.45, 7) is 1.46. The number of likely N-dealkylation sites (tertiary alicyclic amines) is 2. The highest BCUT2D eigenvalue weighted by molar-refractivity contribution is 6.05.